The van der Waals surface area contributed by atoms with Gasteiger partial charge in [0.05, 0.1) is 0 Å². The lowest BCUT2D eigenvalue weighted by Crippen LogP contribution is -1.97. The van der Waals surface area contributed by atoms with E-state index in [0.29, 0.717) is 0 Å². The summed E-state index contributed by atoms with van der Waals surface area (Å²) in [5.41, 5.74) is 27.2. The number of hydrogen-bond donors (Lipinski definition) is 0. The van der Waals surface area contributed by atoms with E-state index >= 15 is 0 Å². The van der Waals surface area contributed by atoms with Crippen LogP contribution >= 0.6 is 90.7 Å². The van der Waals surface area contributed by atoms with Gasteiger partial charge in [-0.2, -0.15) is 0 Å². The Kier molecular flexibility index (Phi) is 70.0. The van der Waals surface area contributed by atoms with Crippen LogP contribution in [0.2, 0.25) is 0 Å². The lowest BCUT2D eigenvalue weighted by molar-refractivity contribution is 0.651. The third-order valence-electron chi connectivity index (χ3n) is 31.8. The van der Waals surface area contributed by atoms with Gasteiger partial charge >= 0.3 is 0 Å². The fraction of sp³-hybridized carbons (Fsp3) is 0.696. The second-order valence-electron chi connectivity index (χ2n) is 44.4. The standard InChI is InChI=1S/C138H220S8/c1-17-33-49-65-81-109-107-139-135(111(109)83-67-51-35-19-3)137-123(95-79-63-47-31-15)121(93-77-61-45-29-13)133(145-137)105-103-131-119(91-75-59-43-27-11)117(89-73-57-41-25-9)129(143-131)101-99-127-115(87-71-55-39-23-7)113(85-69-53-37-21-5)125(141-127)97-98-126-114(86-70-54-38-22-6)116(88-72-56-40-24-8)128(142-126)100-102-130-118(90-74-58-42-26-10)120(92-76-60-44-28-12)132(144-130)104-106-134-122(94-78-62-46-30-14)124(96-80-64-48-32-16)138(146-134)136-112(84-68-52-36-20-4)110(108-140-136)82-66-50-34-18-2/h97-108H,17-96H2,1-16H3/b98-97+,101-99+,102-100+,105-103+,106-104+. The molecule has 0 amide bonds. The third kappa shape index (κ3) is 44.5. The van der Waals surface area contributed by atoms with Crippen molar-refractivity contribution < 1.29 is 0 Å². The first-order chi connectivity index (χ1) is 72.0. The highest BCUT2D eigenvalue weighted by Gasteiger charge is 2.29. The summed E-state index contributed by atoms with van der Waals surface area (Å²) < 4.78 is 0. The van der Waals surface area contributed by atoms with Crippen LogP contribution in [0.3, 0.4) is 0 Å². The van der Waals surface area contributed by atoms with Gasteiger partial charge in [-0.25, -0.2) is 0 Å². The first-order valence-corrected chi connectivity index (χ1v) is 70.1. The molecule has 0 unspecified atom stereocenters. The van der Waals surface area contributed by atoms with Crippen molar-refractivity contribution in [1.29, 1.82) is 0 Å². The quantitative estimate of drug-likeness (QED) is 0.0333. The van der Waals surface area contributed by atoms with Crippen LogP contribution in [0.25, 0.3) is 80.3 Å². The molecule has 8 aromatic heterocycles. The van der Waals surface area contributed by atoms with Gasteiger partial charge < -0.3 is 0 Å². The van der Waals surface area contributed by atoms with Gasteiger partial charge in [0.1, 0.15) is 0 Å². The molecule has 146 heavy (non-hydrogen) atoms. The Balaban J connectivity index is 1.34. The van der Waals surface area contributed by atoms with Crippen molar-refractivity contribution in [3.8, 4) is 19.5 Å². The molecule has 0 aliphatic heterocycles. The van der Waals surface area contributed by atoms with E-state index in [2.05, 4.69) is 273 Å². The minimum atomic E-state index is 1.18. The van der Waals surface area contributed by atoms with E-state index in [1.165, 1.54) is 514 Å². The van der Waals surface area contributed by atoms with Crippen molar-refractivity contribution in [1.82, 2.24) is 0 Å². The van der Waals surface area contributed by atoms with Crippen LogP contribution in [0, 0.1) is 0 Å². The van der Waals surface area contributed by atoms with Gasteiger partial charge in [0.2, 0.25) is 0 Å². The minimum absolute atomic E-state index is 1.18. The van der Waals surface area contributed by atoms with Crippen LogP contribution in [0.5, 0.6) is 0 Å². The minimum Gasteiger partial charge on any atom is -0.142 e. The van der Waals surface area contributed by atoms with E-state index in [9.17, 15) is 0 Å². The molecule has 0 fully saturated rings. The van der Waals surface area contributed by atoms with Gasteiger partial charge in [-0.1, -0.05) is 419 Å². The summed E-state index contributed by atoms with van der Waals surface area (Å²) in [4.78, 5) is 22.2. The fourth-order valence-electron chi connectivity index (χ4n) is 22.8. The molecule has 8 rings (SSSR count). The highest BCUT2D eigenvalue weighted by molar-refractivity contribution is 7.23. The predicted octanol–water partition coefficient (Wildman–Crippen LogP) is 50.3. The second kappa shape index (κ2) is 80.1. The molecule has 8 heterocycles. The van der Waals surface area contributed by atoms with E-state index in [-0.39, 0.29) is 0 Å². The summed E-state index contributed by atoms with van der Waals surface area (Å²) in [5.74, 6) is 0. The van der Waals surface area contributed by atoms with Gasteiger partial charge in [0.25, 0.3) is 0 Å². The number of hydrogen-bond acceptors (Lipinski definition) is 8. The summed E-state index contributed by atoms with van der Waals surface area (Å²) in [5, 5.41) is 5.29. The van der Waals surface area contributed by atoms with Crippen LogP contribution in [-0.2, 0) is 103 Å². The Morgan fingerprint density at radius 1 is 0.123 bits per heavy atom. The normalized spacial score (nSPS) is 12.2. The molecular weight excluding hydrogens is 1910 g/mol. The number of unbranched alkanes of at least 4 members (excludes halogenated alkanes) is 48. The van der Waals surface area contributed by atoms with E-state index < -0.39 is 0 Å². The maximum atomic E-state index is 2.72. The molecule has 0 spiro atoms. The lowest BCUT2D eigenvalue weighted by Gasteiger charge is -2.11. The Hall–Kier alpha value is -3.70. The molecule has 0 saturated heterocycles. The van der Waals surface area contributed by atoms with Crippen molar-refractivity contribution in [2.75, 3.05) is 0 Å². The maximum absolute atomic E-state index is 2.72. The van der Waals surface area contributed by atoms with E-state index in [0.717, 1.165) is 0 Å². The highest BCUT2D eigenvalue weighted by Crippen LogP contribution is 2.50. The lowest BCUT2D eigenvalue weighted by atomic mass is 9.93. The van der Waals surface area contributed by atoms with Crippen LogP contribution in [0.1, 0.15) is 659 Å². The SMILES string of the molecule is CCCCCCc1csc(-c2sc(/C=C/c3sc(/C=C/c4sc(/C=C/c5sc(/C=C/c6sc(/C=C/c7sc(-c8scc(CCCCCC)c8CCCCCC)c(CCCCCC)c7CCCCCC)c(CCCCCC)c6CCCCCC)c(CCCCCC)c5CCCCCC)c(CCCCCC)c4CCCCCC)c(CCCCCC)c3CCCCCC)c(CCCCCC)c2CCCCCC)c1CCCCCC. The summed E-state index contributed by atoms with van der Waals surface area (Å²) in [6, 6.07) is 0. The zero-order valence-corrected chi connectivity index (χ0v) is 104. The molecule has 0 atom stereocenters. The van der Waals surface area contributed by atoms with Crippen molar-refractivity contribution >= 4 is 151 Å². The molecule has 0 nitrogen and oxygen atoms in total. The zero-order valence-electron chi connectivity index (χ0n) is 97.8. The largest absolute Gasteiger partial charge is 0.142 e. The van der Waals surface area contributed by atoms with Gasteiger partial charge in [-0.05, 0) is 366 Å². The summed E-state index contributed by atoms with van der Waals surface area (Å²) >= 11 is 17.4. The number of aryl methyl sites for hydroxylation is 2. The van der Waals surface area contributed by atoms with Crippen LogP contribution < -0.4 is 0 Å². The van der Waals surface area contributed by atoms with Gasteiger partial charge in [-0.15, -0.1) is 90.7 Å². The van der Waals surface area contributed by atoms with Crippen molar-refractivity contribution in [3.63, 3.8) is 0 Å². The topological polar surface area (TPSA) is 0 Å². The Bertz CT molecular complexity index is 4530. The van der Waals surface area contributed by atoms with Crippen LogP contribution in [0.4, 0.5) is 0 Å². The fourth-order valence-corrected chi connectivity index (χ4v) is 33.0. The molecule has 0 aliphatic rings. The molecule has 0 saturated carbocycles. The molecular formula is C138H220S8. The van der Waals surface area contributed by atoms with E-state index in [1.54, 1.807) is 157 Å². The maximum Gasteiger partial charge on any atom is 0.0486 e. The second-order valence-corrected chi connectivity index (χ2v) is 52.6. The van der Waals surface area contributed by atoms with E-state index in [1.807, 2.05) is 0 Å². The van der Waals surface area contributed by atoms with Gasteiger partial charge in [0, 0.05) is 68.3 Å². The third-order valence-corrected chi connectivity index (χ3v) is 41.6. The Labute approximate surface area is 935 Å². The number of rotatable bonds is 92. The van der Waals surface area contributed by atoms with Crippen molar-refractivity contribution in [3.05, 3.63) is 149 Å². The summed E-state index contributed by atoms with van der Waals surface area (Å²) in [6.07, 6.45) is 130. The molecule has 8 aromatic rings. The molecule has 0 aliphatic carbocycles. The first-order valence-electron chi connectivity index (χ1n) is 63.4. The summed E-state index contributed by atoms with van der Waals surface area (Å²) in [6.45, 7) is 38.4. The zero-order chi connectivity index (χ0) is 104. The molecule has 0 aromatic carbocycles. The van der Waals surface area contributed by atoms with Crippen LogP contribution in [-0.4, -0.2) is 0 Å². The molecule has 0 bridgehead atoms. The summed E-state index contributed by atoms with van der Waals surface area (Å²) in [7, 11) is 0. The molecule has 0 N–H and O–H groups in total. The molecule has 8 heteroatoms. The average Bonchev–Trinajstić information content (AvgIpc) is 1.62. The number of thiophene rings is 8. The first kappa shape index (κ1) is 127. The average molecular weight is 2140 g/mol. The van der Waals surface area contributed by atoms with Crippen molar-refractivity contribution in [2.24, 2.45) is 0 Å². The monoisotopic (exact) mass is 2130 g/mol. The van der Waals surface area contributed by atoms with Gasteiger partial charge in [-0.3, -0.25) is 0 Å². The van der Waals surface area contributed by atoms with Crippen LogP contribution in [0.15, 0.2) is 10.8 Å². The smallest absolute Gasteiger partial charge is 0.0486 e. The molecule has 820 valence electrons. The van der Waals surface area contributed by atoms with E-state index in [4.69, 9.17) is 0 Å². The highest BCUT2D eigenvalue weighted by atomic mass is 32.1. The predicted molar refractivity (Wildman–Crippen MR) is 683 cm³/mol. The van der Waals surface area contributed by atoms with Crippen molar-refractivity contribution in [2.45, 2.75) is 624 Å². The molecule has 0 radical (unpaired) electrons. The Morgan fingerprint density at radius 2 is 0.247 bits per heavy atom. The van der Waals surface area contributed by atoms with Gasteiger partial charge in [0.15, 0.2) is 0 Å². The Morgan fingerprint density at radius 3 is 0.397 bits per heavy atom.